The third-order valence-corrected chi connectivity index (χ3v) is 6.85. The van der Waals surface area contributed by atoms with Crippen molar-refractivity contribution in [2.75, 3.05) is 0 Å². The fourth-order valence-electron chi connectivity index (χ4n) is 4.98. The normalized spacial score (nSPS) is 26.7. The van der Waals surface area contributed by atoms with E-state index in [1.54, 1.807) is 0 Å². The lowest BCUT2D eigenvalue weighted by Gasteiger charge is -2.32. The van der Waals surface area contributed by atoms with E-state index in [0.717, 1.165) is 18.8 Å². The highest BCUT2D eigenvalue weighted by Crippen LogP contribution is 2.41. The molecule has 0 aliphatic heterocycles. The predicted octanol–water partition coefficient (Wildman–Crippen LogP) is 8.74. The zero-order valence-electron chi connectivity index (χ0n) is 18.8. The minimum atomic E-state index is -3.26. The van der Waals surface area contributed by atoms with Gasteiger partial charge in [0.05, 0.1) is 5.92 Å². The van der Waals surface area contributed by atoms with Crippen LogP contribution in [0.25, 0.3) is 0 Å². The monoisotopic (exact) mass is 454 g/mol. The summed E-state index contributed by atoms with van der Waals surface area (Å²) in [6, 6.07) is 5.25. The Bertz CT molecular complexity index is 740. The second kappa shape index (κ2) is 11.8. The van der Waals surface area contributed by atoms with Crippen molar-refractivity contribution in [1.29, 1.82) is 0 Å². The van der Waals surface area contributed by atoms with Gasteiger partial charge in [-0.3, -0.25) is 0 Å². The molecule has 2 aliphatic carbocycles. The smallest absolute Gasteiger partial charge is 0.400 e. The molecule has 2 saturated carbocycles. The molecule has 2 aliphatic rings. The van der Waals surface area contributed by atoms with Crippen LogP contribution in [0.3, 0.4) is 0 Å². The molecule has 0 heterocycles. The fourth-order valence-corrected chi connectivity index (χ4v) is 4.98. The van der Waals surface area contributed by atoms with Crippen LogP contribution in [0, 0.1) is 23.7 Å². The van der Waals surface area contributed by atoms with Crippen molar-refractivity contribution >= 4 is 0 Å². The van der Waals surface area contributed by atoms with Crippen molar-refractivity contribution in [1.82, 2.24) is 0 Å². The van der Waals surface area contributed by atoms with Crippen LogP contribution in [0.4, 0.5) is 17.6 Å². The van der Waals surface area contributed by atoms with Crippen LogP contribution in [-0.4, -0.2) is 6.11 Å². The van der Waals surface area contributed by atoms with E-state index in [9.17, 15) is 17.6 Å². The average molecular weight is 455 g/mol. The summed E-state index contributed by atoms with van der Waals surface area (Å²) in [4.78, 5) is 0. The van der Waals surface area contributed by atoms with Gasteiger partial charge in [0.25, 0.3) is 0 Å². The molecule has 1 aromatic carbocycles. The van der Waals surface area contributed by atoms with Gasteiger partial charge >= 0.3 is 12.2 Å². The van der Waals surface area contributed by atoms with E-state index in [4.69, 9.17) is 9.47 Å². The third-order valence-electron chi connectivity index (χ3n) is 6.85. The van der Waals surface area contributed by atoms with Gasteiger partial charge in [-0.2, -0.15) is 17.6 Å². The summed E-state index contributed by atoms with van der Waals surface area (Å²) < 4.78 is 63.1. The Labute approximate surface area is 188 Å². The van der Waals surface area contributed by atoms with Gasteiger partial charge in [0.1, 0.15) is 11.5 Å². The highest BCUT2D eigenvalue weighted by atomic mass is 19.3. The highest BCUT2D eigenvalue weighted by Gasteiger charge is 2.43. The van der Waals surface area contributed by atoms with E-state index in [1.807, 2.05) is 0 Å². The maximum Gasteiger partial charge on any atom is 0.400 e. The van der Waals surface area contributed by atoms with Crippen molar-refractivity contribution in [2.24, 2.45) is 23.7 Å². The Kier molecular flexibility index (Phi) is 9.06. The van der Waals surface area contributed by atoms with Crippen molar-refractivity contribution in [2.45, 2.75) is 77.2 Å². The van der Waals surface area contributed by atoms with Gasteiger partial charge in [-0.1, -0.05) is 31.9 Å². The molecule has 0 amide bonds. The number of rotatable bonds is 9. The van der Waals surface area contributed by atoms with E-state index in [2.05, 4.69) is 19.1 Å². The van der Waals surface area contributed by atoms with Crippen LogP contribution in [0.15, 0.2) is 48.8 Å². The van der Waals surface area contributed by atoms with Crippen molar-refractivity contribution in [3.05, 3.63) is 48.8 Å². The molecule has 3 rings (SSSR count). The van der Waals surface area contributed by atoms with Gasteiger partial charge in [-0.25, -0.2) is 0 Å². The maximum absolute atomic E-state index is 14.7. The molecule has 0 unspecified atom stereocenters. The first-order chi connectivity index (χ1) is 15.4. The number of ether oxygens (including phenoxy) is 2. The summed E-state index contributed by atoms with van der Waals surface area (Å²) >= 11 is 0. The summed E-state index contributed by atoms with van der Waals surface area (Å²) in [5, 5.41) is 0. The van der Waals surface area contributed by atoms with Crippen molar-refractivity contribution in [3.8, 4) is 11.5 Å². The topological polar surface area (TPSA) is 18.5 Å². The molecule has 6 heteroatoms. The molecule has 32 heavy (non-hydrogen) atoms. The zero-order valence-corrected chi connectivity index (χ0v) is 18.8. The van der Waals surface area contributed by atoms with Crippen LogP contribution in [0.1, 0.15) is 71.1 Å². The molecule has 0 bridgehead atoms. The first kappa shape index (κ1) is 24.7. The predicted molar refractivity (Wildman–Crippen MR) is 118 cm³/mol. The number of alkyl halides is 2. The van der Waals surface area contributed by atoms with Gasteiger partial charge in [0.2, 0.25) is 0 Å². The summed E-state index contributed by atoms with van der Waals surface area (Å²) in [6.07, 6.45) is 9.77. The van der Waals surface area contributed by atoms with Gasteiger partial charge < -0.3 is 9.47 Å². The highest BCUT2D eigenvalue weighted by molar-refractivity contribution is 5.32. The number of halogens is 4. The largest absolute Gasteiger partial charge is 0.459 e. The minimum Gasteiger partial charge on any atom is -0.459 e. The SMILES string of the molecule is CCCC1CCC(/C=C/C2CCC(C(F)(F)Oc3ccc(OC=C(F)F)cc3)CC2)CC1. The van der Waals surface area contributed by atoms with E-state index < -0.39 is 18.1 Å². The maximum atomic E-state index is 14.7. The second-order valence-electron chi connectivity index (χ2n) is 9.23. The van der Waals surface area contributed by atoms with E-state index in [1.165, 1.54) is 62.8 Å². The van der Waals surface area contributed by atoms with Gasteiger partial charge in [-0.05, 0) is 93.4 Å². The van der Waals surface area contributed by atoms with E-state index in [0.29, 0.717) is 30.9 Å². The van der Waals surface area contributed by atoms with Crippen LogP contribution in [-0.2, 0) is 0 Å². The van der Waals surface area contributed by atoms with Crippen LogP contribution < -0.4 is 9.47 Å². The zero-order chi connectivity index (χ0) is 23.0. The van der Waals surface area contributed by atoms with Crippen LogP contribution in [0.2, 0.25) is 0 Å². The third kappa shape index (κ3) is 7.56. The number of benzene rings is 1. The van der Waals surface area contributed by atoms with Crippen LogP contribution in [0.5, 0.6) is 11.5 Å². The number of hydrogen-bond acceptors (Lipinski definition) is 2. The van der Waals surface area contributed by atoms with E-state index in [-0.39, 0.29) is 11.5 Å². The quantitative estimate of drug-likeness (QED) is 0.211. The Balaban J connectivity index is 1.43. The molecule has 0 radical (unpaired) electrons. The first-order valence-electron chi connectivity index (χ1n) is 11.9. The molecule has 1 aromatic rings. The molecule has 0 spiro atoms. The molecule has 0 N–H and O–H groups in total. The Morgan fingerprint density at radius 2 is 1.41 bits per heavy atom. The van der Waals surface area contributed by atoms with Crippen LogP contribution >= 0.6 is 0 Å². The summed E-state index contributed by atoms with van der Waals surface area (Å²) in [7, 11) is 0. The Hall–Kier alpha value is -1.98. The lowest BCUT2D eigenvalue weighted by molar-refractivity contribution is -0.223. The molecular formula is C26H34F4O2. The lowest BCUT2D eigenvalue weighted by atomic mass is 9.78. The first-order valence-corrected chi connectivity index (χ1v) is 11.9. The minimum absolute atomic E-state index is 0.00672. The number of hydrogen-bond donors (Lipinski definition) is 0. The summed E-state index contributed by atoms with van der Waals surface area (Å²) in [6.45, 7) is 2.25. The fraction of sp³-hybridized carbons (Fsp3) is 0.615. The molecule has 2 fully saturated rings. The molecule has 2 nitrogen and oxygen atoms in total. The summed E-state index contributed by atoms with van der Waals surface area (Å²) in [5.74, 6) is 1.20. The van der Waals surface area contributed by atoms with E-state index >= 15 is 0 Å². The van der Waals surface area contributed by atoms with Crippen molar-refractivity contribution in [3.63, 3.8) is 0 Å². The average Bonchev–Trinajstić information content (AvgIpc) is 2.78. The second-order valence-corrected chi connectivity index (χ2v) is 9.23. The molecular weight excluding hydrogens is 420 g/mol. The summed E-state index contributed by atoms with van der Waals surface area (Å²) in [5.41, 5.74) is 0. The van der Waals surface area contributed by atoms with Crippen molar-refractivity contribution < 1.29 is 27.0 Å². The standard InChI is InChI=1S/C26H34F4O2/c1-2-3-19-4-6-20(7-5-19)8-9-21-10-12-22(13-11-21)26(29,30)32-24-16-14-23(15-17-24)31-18-25(27)28/h8-9,14-22H,2-7,10-13H2,1H3/b9-8+. The Morgan fingerprint density at radius 1 is 0.875 bits per heavy atom. The molecule has 178 valence electrons. The molecule has 0 atom stereocenters. The Morgan fingerprint density at radius 3 is 1.94 bits per heavy atom. The number of allylic oxidation sites excluding steroid dienone is 2. The van der Waals surface area contributed by atoms with Gasteiger partial charge in [-0.15, -0.1) is 0 Å². The van der Waals surface area contributed by atoms with Gasteiger partial charge in [0, 0.05) is 0 Å². The lowest BCUT2D eigenvalue weighted by Crippen LogP contribution is -2.37. The van der Waals surface area contributed by atoms with Gasteiger partial charge in [0.15, 0.2) is 6.26 Å². The molecule has 0 aromatic heterocycles. The molecule has 0 saturated heterocycles.